The van der Waals surface area contributed by atoms with Gasteiger partial charge in [0.15, 0.2) is 18.4 Å². The Morgan fingerprint density at radius 1 is 1.17 bits per heavy atom. The van der Waals surface area contributed by atoms with Crippen LogP contribution in [-0.2, 0) is 18.9 Å². The third-order valence-electron chi connectivity index (χ3n) is 6.11. The second-order valence-electron chi connectivity index (χ2n) is 7.87. The second kappa shape index (κ2) is 7.17. The van der Waals surface area contributed by atoms with E-state index in [9.17, 15) is 10.2 Å². The van der Waals surface area contributed by atoms with E-state index < -0.39 is 24.0 Å². The minimum Gasteiger partial charge on any atom is -0.385 e. The number of hydrogen-bond donors (Lipinski definition) is 2. The van der Waals surface area contributed by atoms with E-state index in [1.54, 1.807) is 14.0 Å². The molecule has 24 heavy (non-hydrogen) atoms. The first kappa shape index (κ1) is 18.5. The van der Waals surface area contributed by atoms with Crippen molar-refractivity contribution in [1.82, 2.24) is 0 Å². The fraction of sp³-hybridized carbons (Fsp3) is 1.00. The summed E-state index contributed by atoms with van der Waals surface area (Å²) in [6, 6.07) is 0. The van der Waals surface area contributed by atoms with Crippen molar-refractivity contribution in [3.05, 3.63) is 0 Å². The average Bonchev–Trinajstić information content (AvgIpc) is 2.63. The Balaban J connectivity index is 1.78. The first-order valence-corrected chi connectivity index (χ1v) is 9.27. The van der Waals surface area contributed by atoms with E-state index in [0.29, 0.717) is 19.6 Å². The number of hydrogen-bond acceptors (Lipinski definition) is 6. The van der Waals surface area contributed by atoms with E-state index in [4.69, 9.17) is 18.9 Å². The zero-order chi connectivity index (χ0) is 17.4. The van der Waals surface area contributed by atoms with Crippen LogP contribution < -0.4 is 0 Å². The molecule has 2 aliphatic heterocycles. The molecule has 0 aromatic heterocycles. The van der Waals surface area contributed by atoms with Gasteiger partial charge < -0.3 is 29.2 Å². The van der Waals surface area contributed by atoms with Crippen molar-refractivity contribution in [2.45, 2.75) is 76.3 Å². The molecule has 0 spiro atoms. The molecule has 7 unspecified atom stereocenters. The summed E-state index contributed by atoms with van der Waals surface area (Å²) in [4.78, 5) is 0. The lowest BCUT2D eigenvalue weighted by atomic mass is 9.61. The normalized spacial score (nSPS) is 48.6. The first-order chi connectivity index (χ1) is 11.4. The summed E-state index contributed by atoms with van der Waals surface area (Å²) in [5.74, 6) is -1.02. The highest BCUT2D eigenvalue weighted by Crippen LogP contribution is 2.54. The van der Waals surface area contributed by atoms with Gasteiger partial charge in [0.2, 0.25) is 0 Å². The molecule has 7 atom stereocenters. The molecular weight excluding hydrogens is 312 g/mol. The van der Waals surface area contributed by atoms with Crippen molar-refractivity contribution in [1.29, 1.82) is 0 Å². The Bertz CT molecular complexity index is 428. The lowest BCUT2D eigenvalue weighted by molar-refractivity contribution is -0.406. The lowest BCUT2D eigenvalue weighted by Crippen LogP contribution is -2.65. The highest BCUT2D eigenvalue weighted by Gasteiger charge is 2.62. The summed E-state index contributed by atoms with van der Waals surface area (Å²) in [5, 5.41) is 22.0. The molecule has 0 aromatic carbocycles. The highest BCUT2D eigenvalue weighted by molar-refractivity contribution is 5.05. The van der Waals surface area contributed by atoms with Gasteiger partial charge in [-0.05, 0) is 38.5 Å². The van der Waals surface area contributed by atoms with Crippen molar-refractivity contribution >= 4 is 0 Å². The molecule has 2 heterocycles. The summed E-state index contributed by atoms with van der Waals surface area (Å²) in [6.07, 6.45) is 3.79. The molecule has 3 aliphatic rings. The molecule has 1 saturated carbocycles. The molecule has 140 valence electrons. The predicted octanol–water partition coefficient (Wildman–Crippen LogP) is 2.02. The van der Waals surface area contributed by atoms with E-state index in [2.05, 4.69) is 6.92 Å². The molecule has 6 nitrogen and oxygen atoms in total. The van der Waals surface area contributed by atoms with Crippen LogP contribution in [-0.4, -0.2) is 54.5 Å². The summed E-state index contributed by atoms with van der Waals surface area (Å²) in [6.45, 7) is 4.93. The topological polar surface area (TPSA) is 77.4 Å². The van der Waals surface area contributed by atoms with Crippen LogP contribution in [0.2, 0.25) is 0 Å². The Labute approximate surface area is 144 Å². The average molecular weight is 344 g/mol. The Kier molecular flexibility index (Phi) is 5.54. The van der Waals surface area contributed by atoms with Crippen LogP contribution in [0, 0.1) is 17.8 Å². The molecule has 0 bridgehead atoms. The van der Waals surface area contributed by atoms with Gasteiger partial charge in [0.1, 0.15) is 5.60 Å². The fourth-order valence-corrected chi connectivity index (χ4v) is 4.77. The Morgan fingerprint density at radius 2 is 1.96 bits per heavy atom. The van der Waals surface area contributed by atoms with Gasteiger partial charge in [-0.1, -0.05) is 13.3 Å². The van der Waals surface area contributed by atoms with Crippen LogP contribution >= 0.6 is 0 Å². The summed E-state index contributed by atoms with van der Waals surface area (Å²) < 4.78 is 22.8. The highest BCUT2D eigenvalue weighted by atomic mass is 16.8. The van der Waals surface area contributed by atoms with Crippen molar-refractivity contribution in [3.8, 4) is 0 Å². The molecule has 2 saturated heterocycles. The maximum atomic E-state index is 11.5. The molecule has 3 fully saturated rings. The van der Waals surface area contributed by atoms with Crippen molar-refractivity contribution in [2.24, 2.45) is 17.8 Å². The van der Waals surface area contributed by atoms with Crippen LogP contribution in [0.15, 0.2) is 0 Å². The van der Waals surface area contributed by atoms with E-state index in [-0.39, 0.29) is 17.8 Å². The first-order valence-electron chi connectivity index (χ1n) is 9.27. The number of rotatable bonds is 5. The largest absolute Gasteiger partial charge is 0.385 e. The smallest absolute Gasteiger partial charge is 0.193 e. The van der Waals surface area contributed by atoms with Crippen molar-refractivity contribution < 1.29 is 29.2 Å². The molecular formula is C18H32O6. The van der Waals surface area contributed by atoms with Gasteiger partial charge in [-0.3, -0.25) is 0 Å². The summed E-state index contributed by atoms with van der Waals surface area (Å²) in [5.41, 5.74) is -1.04. The second-order valence-corrected chi connectivity index (χ2v) is 7.87. The third kappa shape index (κ3) is 3.37. The molecule has 1 aliphatic carbocycles. The molecule has 0 amide bonds. The van der Waals surface area contributed by atoms with Crippen LogP contribution in [0.3, 0.4) is 0 Å². The van der Waals surface area contributed by atoms with Gasteiger partial charge in [0.25, 0.3) is 0 Å². The molecule has 6 heteroatoms. The van der Waals surface area contributed by atoms with Crippen LogP contribution in [0.25, 0.3) is 0 Å². The van der Waals surface area contributed by atoms with Crippen LogP contribution in [0.4, 0.5) is 0 Å². The zero-order valence-electron chi connectivity index (χ0n) is 15.1. The van der Waals surface area contributed by atoms with Crippen molar-refractivity contribution in [3.63, 3.8) is 0 Å². The number of aliphatic hydroxyl groups is 2. The Hall–Kier alpha value is -0.240. The summed E-state index contributed by atoms with van der Waals surface area (Å²) in [7, 11) is 1.67. The van der Waals surface area contributed by atoms with Gasteiger partial charge in [0.05, 0.1) is 6.61 Å². The molecule has 3 rings (SSSR count). The van der Waals surface area contributed by atoms with Crippen molar-refractivity contribution in [2.75, 3.05) is 20.3 Å². The standard InChI is InChI=1S/C18H32O6/c1-12-14-7-4-6-13-8-9-17(2,19)24-16(18(13,14)20)23-15(12)22-11-5-10-21-3/h12-16,19-20H,4-11H2,1-3H3. The lowest BCUT2D eigenvalue weighted by Gasteiger charge is -2.55. The molecule has 2 N–H and O–H groups in total. The molecule has 0 aromatic rings. The van der Waals surface area contributed by atoms with E-state index in [0.717, 1.165) is 32.1 Å². The minimum absolute atomic E-state index is 0.0660. The predicted molar refractivity (Wildman–Crippen MR) is 87.0 cm³/mol. The quantitative estimate of drug-likeness (QED) is 0.743. The number of ether oxygens (including phenoxy) is 4. The van der Waals surface area contributed by atoms with Gasteiger partial charge in [-0.15, -0.1) is 0 Å². The van der Waals surface area contributed by atoms with E-state index in [1.807, 2.05) is 0 Å². The SMILES string of the molecule is COCCCOC1OC2OC(C)(O)CCC3CCCC(C1C)C32O. The van der Waals surface area contributed by atoms with Crippen LogP contribution in [0.5, 0.6) is 0 Å². The van der Waals surface area contributed by atoms with Gasteiger partial charge in [-0.2, -0.15) is 0 Å². The van der Waals surface area contributed by atoms with E-state index >= 15 is 0 Å². The van der Waals surface area contributed by atoms with Crippen LogP contribution in [0.1, 0.15) is 52.4 Å². The third-order valence-corrected chi connectivity index (χ3v) is 6.11. The van der Waals surface area contributed by atoms with Gasteiger partial charge >= 0.3 is 0 Å². The monoisotopic (exact) mass is 344 g/mol. The van der Waals surface area contributed by atoms with E-state index in [1.165, 1.54) is 0 Å². The minimum atomic E-state index is -1.27. The van der Waals surface area contributed by atoms with Gasteiger partial charge in [0, 0.05) is 32.0 Å². The summed E-state index contributed by atoms with van der Waals surface area (Å²) >= 11 is 0. The molecule has 0 radical (unpaired) electrons. The maximum absolute atomic E-state index is 11.5. The zero-order valence-corrected chi connectivity index (χ0v) is 15.1. The Morgan fingerprint density at radius 3 is 2.71 bits per heavy atom. The fourth-order valence-electron chi connectivity index (χ4n) is 4.77. The number of methoxy groups -OCH3 is 1. The maximum Gasteiger partial charge on any atom is 0.193 e. The van der Waals surface area contributed by atoms with Gasteiger partial charge in [-0.25, -0.2) is 0 Å².